The second-order valence-corrected chi connectivity index (χ2v) is 2.97. The van der Waals surface area contributed by atoms with Crippen molar-refractivity contribution in [2.75, 3.05) is 14.2 Å². The van der Waals surface area contributed by atoms with Crippen LogP contribution in [0.5, 0.6) is 11.5 Å². The normalized spacial score (nSPS) is 10.0. The number of hydrogen-bond donors (Lipinski definition) is 2. The van der Waals surface area contributed by atoms with Gasteiger partial charge < -0.3 is 14.7 Å². The van der Waals surface area contributed by atoms with Crippen molar-refractivity contribution in [3.8, 4) is 11.5 Å². The minimum Gasteiger partial charge on any atom is -0.496 e. The van der Waals surface area contributed by atoms with Gasteiger partial charge in [0.15, 0.2) is 0 Å². The van der Waals surface area contributed by atoms with Gasteiger partial charge in [-0.15, -0.1) is 0 Å². The van der Waals surface area contributed by atoms with E-state index in [1.807, 2.05) is 19.1 Å². The maximum atomic E-state index is 8.62. The second-order valence-electron chi connectivity index (χ2n) is 2.97. The van der Waals surface area contributed by atoms with Gasteiger partial charge in [-0.25, -0.2) is 5.48 Å². The van der Waals surface area contributed by atoms with E-state index in [1.54, 1.807) is 14.2 Å². The molecular weight excluding hydrogens is 182 g/mol. The number of nitrogens with one attached hydrogen (secondary N) is 1. The van der Waals surface area contributed by atoms with Gasteiger partial charge in [0.1, 0.15) is 11.5 Å². The molecule has 0 saturated heterocycles. The fraction of sp³-hybridized carbons (Fsp3) is 0.400. The molecule has 0 heterocycles. The zero-order valence-corrected chi connectivity index (χ0v) is 8.63. The first-order valence-corrected chi connectivity index (χ1v) is 4.31. The Hall–Kier alpha value is -1.26. The molecule has 0 saturated carbocycles. The molecule has 0 radical (unpaired) electrons. The van der Waals surface area contributed by atoms with Crippen molar-refractivity contribution in [2.45, 2.75) is 13.5 Å². The second kappa shape index (κ2) is 4.83. The van der Waals surface area contributed by atoms with E-state index in [0.717, 1.165) is 16.9 Å². The summed E-state index contributed by atoms with van der Waals surface area (Å²) in [5.74, 6) is 1.48. The van der Waals surface area contributed by atoms with E-state index in [1.165, 1.54) is 0 Å². The number of hydroxylamine groups is 1. The topological polar surface area (TPSA) is 50.7 Å². The number of benzene rings is 1. The summed E-state index contributed by atoms with van der Waals surface area (Å²) in [6.45, 7) is 2.30. The highest BCUT2D eigenvalue weighted by atomic mass is 16.5. The van der Waals surface area contributed by atoms with E-state index in [0.29, 0.717) is 12.3 Å². The van der Waals surface area contributed by atoms with E-state index >= 15 is 0 Å². The monoisotopic (exact) mass is 197 g/mol. The van der Waals surface area contributed by atoms with Crippen LogP contribution < -0.4 is 15.0 Å². The molecule has 1 aromatic carbocycles. The molecule has 1 rings (SSSR count). The third kappa shape index (κ3) is 2.16. The van der Waals surface area contributed by atoms with Crippen LogP contribution in [0.2, 0.25) is 0 Å². The zero-order valence-electron chi connectivity index (χ0n) is 8.63. The summed E-state index contributed by atoms with van der Waals surface area (Å²) in [6.07, 6.45) is 0. The van der Waals surface area contributed by atoms with Gasteiger partial charge in [-0.3, -0.25) is 0 Å². The molecule has 0 fully saturated rings. The third-order valence-electron chi connectivity index (χ3n) is 2.07. The predicted octanol–water partition coefficient (Wildman–Crippen LogP) is 1.49. The highest BCUT2D eigenvalue weighted by molar-refractivity contribution is 5.45. The Morgan fingerprint density at radius 2 is 1.86 bits per heavy atom. The lowest BCUT2D eigenvalue weighted by molar-refractivity contribution is 0.160. The van der Waals surface area contributed by atoms with E-state index in [2.05, 4.69) is 5.48 Å². The summed E-state index contributed by atoms with van der Waals surface area (Å²) < 4.78 is 10.3. The fourth-order valence-electron chi connectivity index (χ4n) is 1.36. The molecule has 0 aliphatic carbocycles. The van der Waals surface area contributed by atoms with Crippen molar-refractivity contribution < 1.29 is 14.7 Å². The van der Waals surface area contributed by atoms with Crippen molar-refractivity contribution in [1.29, 1.82) is 0 Å². The van der Waals surface area contributed by atoms with Crippen LogP contribution in [0, 0.1) is 6.92 Å². The van der Waals surface area contributed by atoms with Gasteiger partial charge in [0.25, 0.3) is 0 Å². The predicted molar refractivity (Wildman–Crippen MR) is 52.9 cm³/mol. The number of ether oxygens (including phenoxy) is 2. The molecule has 0 aliphatic heterocycles. The zero-order chi connectivity index (χ0) is 10.6. The average molecular weight is 197 g/mol. The Bertz CT molecular complexity index is 312. The van der Waals surface area contributed by atoms with Crippen LogP contribution in [-0.4, -0.2) is 19.4 Å². The number of methoxy groups -OCH3 is 2. The van der Waals surface area contributed by atoms with E-state index in [-0.39, 0.29) is 0 Å². The molecule has 0 aromatic heterocycles. The Morgan fingerprint density at radius 1 is 1.21 bits per heavy atom. The maximum Gasteiger partial charge on any atom is 0.127 e. The minimum absolute atomic E-state index is 0.355. The molecule has 0 bridgehead atoms. The van der Waals surface area contributed by atoms with Gasteiger partial charge >= 0.3 is 0 Å². The highest BCUT2D eigenvalue weighted by Crippen LogP contribution is 2.28. The summed E-state index contributed by atoms with van der Waals surface area (Å²) in [6, 6.07) is 3.73. The summed E-state index contributed by atoms with van der Waals surface area (Å²) in [5, 5.41) is 8.62. The number of rotatable bonds is 4. The van der Waals surface area contributed by atoms with Crippen molar-refractivity contribution >= 4 is 0 Å². The van der Waals surface area contributed by atoms with E-state index in [4.69, 9.17) is 14.7 Å². The van der Waals surface area contributed by atoms with Gasteiger partial charge in [0.2, 0.25) is 0 Å². The summed E-state index contributed by atoms with van der Waals surface area (Å²) in [4.78, 5) is 0. The first-order valence-electron chi connectivity index (χ1n) is 4.31. The molecule has 0 unspecified atom stereocenters. The summed E-state index contributed by atoms with van der Waals surface area (Å²) >= 11 is 0. The lowest BCUT2D eigenvalue weighted by Gasteiger charge is -2.12. The van der Waals surface area contributed by atoms with Gasteiger partial charge in [0.05, 0.1) is 14.2 Å². The Balaban J connectivity index is 3.10. The molecule has 4 heteroatoms. The largest absolute Gasteiger partial charge is 0.496 e. The summed E-state index contributed by atoms with van der Waals surface area (Å²) in [7, 11) is 3.21. The van der Waals surface area contributed by atoms with Crippen LogP contribution in [0.1, 0.15) is 11.1 Å². The molecular formula is C10H15NO3. The van der Waals surface area contributed by atoms with Crippen LogP contribution in [0.4, 0.5) is 0 Å². The molecule has 0 atom stereocenters. The standard InChI is InChI=1S/C10H15NO3/c1-7-4-8(6-11-12)10(14-3)5-9(7)13-2/h4-5,11-12H,6H2,1-3H3. The molecule has 78 valence electrons. The van der Waals surface area contributed by atoms with Crippen molar-refractivity contribution in [3.63, 3.8) is 0 Å². The minimum atomic E-state index is 0.355. The van der Waals surface area contributed by atoms with E-state index < -0.39 is 0 Å². The maximum absolute atomic E-state index is 8.62. The first-order chi connectivity index (χ1) is 6.72. The van der Waals surface area contributed by atoms with Crippen molar-refractivity contribution in [1.82, 2.24) is 5.48 Å². The molecule has 2 N–H and O–H groups in total. The van der Waals surface area contributed by atoms with Crippen LogP contribution in [0.3, 0.4) is 0 Å². The van der Waals surface area contributed by atoms with E-state index in [9.17, 15) is 0 Å². The van der Waals surface area contributed by atoms with Crippen LogP contribution >= 0.6 is 0 Å². The molecule has 1 aromatic rings. The van der Waals surface area contributed by atoms with Crippen molar-refractivity contribution in [2.24, 2.45) is 0 Å². The smallest absolute Gasteiger partial charge is 0.127 e. The first kappa shape index (κ1) is 10.8. The van der Waals surface area contributed by atoms with Crippen molar-refractivity contribution in [3.05, 3.63) is 23.3 Å². The fourth-order valence-corrected chi connectivity index (χ4v) is 1.36. The van der Waals surface area contributed by atoms with Gasteiger partial charge in [-0.1, -0.05) is 0 Å². The lowest BCUT2D eigenvalue weighted by atomic mass is 10.1. The number of hydrogen-bond acceptors (Lipinski definition) is 4. The Labute approximate surface area is 83.4 Å². The lowest BCUT2D eigenvalue weighted by Crippen LogP contribution is -2.08. The summed E-state index contributed by atoms with van der Waals surface area (Å²) in [5.41, 5.74) is 4.01. The molecule has 0 aliphatic rings. The quantitative estimate of drug-likeness (QED) is 0.718. The van der Waals surface area contributed by atoms with Crippen LogP contribution in [-0.2, 0) is 6.54 Å². The number of aryl methyl sites for hydroxylation is 1. The molecule has 0 spiro atoms. The van der Waals surface area contributed by atoms with Gasteiger partial charge in [-0.2, -0.15) is 0 Å². The third-order valence-corrected chi connectivity index (χ3v) is 2.07. The van der Waals surface area contributed by atoms with Gasteiger partial charge in [-0.05, 0) is 18.6 Å². The highest BCUT2D eigenvalue weighted by Gasteiger charge is 2.07. The molecule has 4 nitrogen and oxygen atoms in total. The SMILES string of the molecule is COc1cc(OC)c(CNO)cc1C. The van der Waals surface area contributed by atoms with Crippen LogP contribution in [0.15, 0.2) is 12.1 Å². The molecule has 14 heavy (non-hydrogen) atoms. The Kier molecular flexibility index (Phi) is 3.73. The Morgan fingerprint density at radius 3 is 2.36 bits per heavy atom. The van der Waals surface area contributed by atoms with Gasteiger partial charge in [0, 0.05) is 18.2 Å². The average Bonchev–Trinajstić information content (AvgIpc) is 2.19. The van der Waals surface area contributed by atoms with Crippen LogP contribution in [0.25, 0.3) is 0 Å². The molecule has 0 amide bonds.